The lowest BCUT2D eigenvalue weighted by molar-refractivity contribution is -0.131. The van der Waals surface area contributed by atoms with Gasteiger partial charge < -0.3 is 14.8 Å². The normalized spacial score (nSPS) is 18.2. The van der Waals surface area contributed by atoms with E-state index in [0.29, 0.717) is 22.4 Å². The van der Waals surface area contributed by atoms with Crippen LogP contribution in [0.1, 0.15) is 28.4 Å². The molecule has 2 aromatic rings. The number of nitrogens with one attached hydrogen (secondary N) is 1. The summed E-state index contributed by atoms with van der Waals surface area (Å²) in [4.78, 5) is 37.9. The molecule has 0 radical (unpaired) electrons. The number of carbonyl (C=O) groups is 3. The zero-order valence-electron chi connectivity index (χ0n) is 16.0. The first-order chi connectivity index (χ1) is 13.9. The zero-order chi connectivity index (χ0) is 21.0. The Labute approximate surface area is 167 Å². The Morgan fingerprint density at radius 2 is 1.97 bits per heavy atom. The molecule has 1 aliphatic rings. The maximum atomic E-state index is 12.9. The molecule has 0 spiro atoms. The lowest BCUT2D eigenvalue weighted by Crippen LogP contribution is -2.41. The van der Waals surface area contributed by atoms with Crippen LogP contribution >= 0.6 is 0 Å². The van der Waals surface area contributed by atoms with E-state index in [2.05, 4.69) is 10.1 Å². The molecule has 3 rings (SSSR count). The Hall–Kier alpha value is -3.86. The average Bonchev–Trinajstić information content (AvgIpc) is 2.97. The van der Waals surface area contributed by atoms with Gasteiger partial charge in [-0.3, -0.25) is 9.69 Å². The number of amides is 3. The number of carbonyl (C=O) groups excluding carboxylic acids is 3. The van der Waals surface area contributed by atoms with E-state index in [4.69, 9.17) is 10.00 Å². The standard InChI is InChI=1S/C21H19N3O5/c1-21(16-7-3-5-14(11-16)13-22)19(26)24(20(27)23-21)9-10-29-17-8-4-6-15(12-17)18(25)28-2/h3-8,11-12H,9-10H2,1-2H3,(H,23,27). The minimum atomic E-state index is -1.26. The fraction of sp³-hybridized carbons (Fsp3) is 0.238. The largest absolute Gasteiger partial charge is 0.492 e. The molecule has 0 bridgehead atoms. The van der Waals surface area contributed by atoms with E-state index in [0.717, 1.165) is 4.90 Å². The van der Waals surface area contributed by atoms with E-state index >= 15 is 0 Å². The van der Waals surface area contributed by atoms with Crippen molar-refractivity contribution in [3.8, 4) is 11.8 Å². The predicted molar refractivity (Wildman–Crippen MR) is 102 cm³/mol. The van der Waals surface area contributed by atoms with Gasteiger partial charge in [-0.1, -0.05) is 18.2 Å². The number of esters is 1. The number of ether oxygens (including phenoxy) is 2. The first-order valence-corrected chi connectivity index (χ1v) is 8.85. The van der Waals surface area contributed by atoms with Crippen molar-refractivity contribution in [2.45, 2.75) is 12.5 Å². The van der Waals surface area contributed by atoms with Crippen LogP contribution in [0.3, 0.4) is 0 Å². The molecule has 1 aliphatic heterocycles. The van der Waals surface area contributed by atoms with Crippen molar-refractivity contribution in [1.29, 1.82) is 5.26 Å². The van der Waals surface area contributed by atoms with Crippen molar-refractivity contribution in [3.05, 3.63) is 65.2 Å². The summed E-state index contributed by atoms with van der Waals surface area (Å²) in [6.45, 7) is 1.68. The Bertz CT molecular complexity index is 1010. The fourth-order valence-electron chi connectivity index (χ4n) is 3.08. The second-order valence-corrected chi connectivity index (χ2v) is 6.57. The number of urea groups is 1. The van der Waals surface area contributed by atoms with Crippen molar-refractivity contribution in [1.82, 2.24) is 10.2 Å². The summed E-state index contributed by atoms with van der Waals surface area (Å²) in [5.74, 6) is -0.492. The molecule has 2 aromatic carbocycles. The molecular formula is C21H19N3O5. The third kappa shape index (κ3) is 3.89. The van der Waals surface area contributed by atoms with Gasteiger partial charge in [0.05, 0.1) is 30.9 Å². The molecule has 1 heterocycles. The number of benzene rings is 2. The van der Waals surface area contributed by atoms with E-state index in [1.807, 2.05) is 6.07 Å². The molecule has 1 N–H and O–H groups in total. The molecule has 8 heteroatoms. The summed E-state index contributed by atoms with van der Waals surface area (Å²) in [5, 5.41) is 11.8. The molecule has 148 valence electrons. The Kier molecular flexibility index (Phi) is 5.50. The lowest BCUT2D eigenvalue weighted by atomic mass is 9.91. The van der Waals surface area contributed by atoms with E-state index < -0.39 is 23.4 Å². The minimum absolute atomic E-state index is 0.0284. The summed E-state index contributed by atoms with van der Waals surface area (Å²) in [6.07, 6.45) is 0. The number of imide groups is 1. The van der Waals surface area contributed by atoms with E-state index in [-0.39, 0.29) is 13.2 Å². The van der Waals surface area contributed by atoms with Crippen LogP contribution in [-0.4, -0.2) is 43.1 Å². The number of methoxy groups -OCH3 is 1. The van der Waals surface area contributed by atoms with E-state index in [1.165, 1.54) is 13.2 Å². The van der Waals surface area contributed by atoms with Gasteiger partial charge in [0.25, 0.3) is 5.91 Å². The smallest absolute Gasteiger partial charge is 0.337 e. The van der Waals surface area contributed by atoms with Crippen LogP contribution in [0.2, 0.25) is 0 Å². The topological polar surface area (TPSA) is 109 Å². The quantitative estimate of drug-likeness (QED) is 0.595. The summed E-state index contributed by atoms with van der Waals surface area (Å²) in [6, 6.07) is 14.5. The first-order valence-electron chi connectivity index (χ1n) is 8.85. The van der Waals surface area contributed by atoms with Gasteiger partial charge in [0.1, 0.15) is 17.9 Å². The Morgan fingerprint density at radius 3 is 2.69 bits per heavy atom. The van der Waals surface area contributed by atoms with Crippen molar-refractivity contribution >= 4 is 17.9 Å². The molecule has 0 aromatic heterocycles. The first kappa shape index (κ1) is 19.9. The van der Waals surface area contributed by atoms with Crippen molar-refractivity contribution in [2.24, 2.45) is 0 Å². The van der Waals surface area contributed by atoms with Gasteiger partial charge in [0.2, 0.25) is 0 Å². The summed E-state index contributed by atoms with van der Waals surface area (Å²) in [7, 11) is 1.29. The van der Waals surface area contributed by atoms with Crippen LogP contribution in [0, 0.1) is 11.3 Å². The second-order valence-electron chi connectivity index (χ2n) is 6.57. The van der Waals surface area contributed by atoms with Gasteiger partial charge in [-0.2, -0.15) is 5.26 Å². The third-order valence-electron chi connectivity index (χ3n) is 4.68. The minimum Gasteiger partial charge on any atom is -0.492 e. The van der Waals surface area contributed by atoms with E-state index in [1.54, 1.807) is 49.4 Å². The highest BCUT2D eigenvalue weighted by molar-refractivity contribution is 6.07. The van der Waals surface area contributed by atoms with Crippen LogP contribution in [0.25, 0.3) is 0 Å². The maximum absolute atomic E-state index is 12.9. The van der Waals surface area contributed by atoms with Crippen molar-refractivity contribution in [2.75, 3.05) is 20.3 Å². The van der Waals surface area contributed by atoms with Gasteiger partial charge in [-0.05, 0) is 42.8 Å². The fourth-order valence-corrected chi connectivity index (χ4v) is 3.08. The molecule has 0 saturated carbocycles. The predicted octanol–water partition coefficient (Wildman–Crippen LogP) is 2.19. The lowest BCUT2D eigenvalue weighted by Gasteiger charge is -2.22. The molecular weight excluding hydrogens is 374 g/mol. The summed E-state index contributed by atoms with van der Waals surface area (Å²) >= 11 is 0. The average molecular weight is 393 g/mol. The SMILES string of the molecule is COC(=O)c1cccc(OCCN2C(=O)NC(C)(c3cccc(C#N)c3)C2=O)c1. The molecule has 3 amide bonds. The highest BCUT2D eigenvalue weighted by Crippen LogP contribution is 2.29. The van der Waals surface area contributed by atoms with Crippen LogP contribution < -0.4 is 10.1 Å². The highest BCUT2D eigenvalue weighted by Gasteiger charge is 2.48. The Morgan fingerprint density at radius 1 is 1.21 bits per heavy atom. The summed E-state index contributed by atoms with van der Waals surface area (Å²) < 4.78 is 10.3. The third-order valence-corrected chi connectivity index (χ3v) is 4.68. The van der Waals surface area contributed by atoms with Gasteiger partial charge in [0, 0.05) is 0 Å². The number of hydrogen-bond donors (Lipinski definition) is 1. The van der Waals surface area contributed by atoms with Crippen LogP contribution in [0.4, 0.5) is 4.79 Å². The molecule has 1 atom stereocenters. The highest BCUT2D eigenvalue weighted by atomic mass is 16.5. The molecule has 1 unspecified atom stereocenters. The number of nitriles is 1. The van der Waals surface area contributed by atoms with Crippen molar-refractivity contribution < 1.29 is 23.9 Å². The van der Waals surface area contributed by atoms with Gasteiger partial charge in [0.15, 0.2) is 0 Å². The second kappa shape index (κ2) is 8.02. The molecule has 0 aliphatic carbocycles. The van der Waals surface area contributed by atoms with Crippen molar-refractivity contribution in [3.63, 3.8) is 0 Å². The number of rotatable bonds is 6. The zero-order valence-corrected chi connectivity index (χ0v) is 16.0. The van der Waals surface area contributed by atoms with Crippen LogP contribution in [-0.2, 0) is 15.1 Å². The van der Waals surface area contributed by atoms with E-state index in [9.17, 15) is 14.4 Å². The van der Waals surface area contributed by atoms with Gasteiger partial charge >= 0.3 is 12.0 Å². The molecule has 29 heavy (non-hydrogen) atoms. The summed E-state index contributed by atoms with van der Waals surface area (Å²) in [5.41, 5.74) is 0.0152. The Balaban J connectivity index is 1.68. The van der Waals surface area contributed by atoms with Gasteiger partial charge in [-0.25, -0.2) is 9.59 Å². The number of hydrogen-bond acceptors (Lipinski definition) is 6. The molecule has 1 saturated heterocycles. The van der Waals surface area contributed by atoms with Crippen LogP contribution in [0.5, 0.6) is 5.75 Å². The molecule has 8 nitrogen and oxygen atoms in total. The van der Waals surface area contributed by atoms with Crippen LogP contribution in [0.15, 0.2) is 48.5 Å². The maximum Gasteiger partial charge on any atom is 0.337 e. The monoisotopic (exact) mass is 393 g/mol. The number of nitrogens with zero attached hydrogens (tertiary/aromatic N) is 2. The molecule has 1 fully saturated rings. The van der Waals surface area contributed by atoms with Gasteiger partial charge in [-0.15, -0.1) is 0 Å².